The van der Waals surface area contributed by atoms with Crippen LogP contribution < -0.4 is 5.32 Å². The van der Waals surface area contributed by atoms with Crippen LogP contribution in [0.3, 0.4) is 0 Å². The van der Waals surface area contributed by atoms with Crippen LogP contribution in [0, 0.1) is 5.41 Å². The Morgan fingerprint density at radius 1 is 1.53 bits per heavy atom. The van der Waals surface area contributed by atoms with Crippen molar-refractivity contribution in [1.29, 1.82) is 5.41 Å². The fourth-order valence-corrected chi connectivity index (χ4v) is 3.96. The van der Waals surface area contributed by atoms with Gasteiger partial charge in [-0.05, 0) is 18.4 Å². The molecule has 100 valence electrons. The van der Waals surface area contributed by atoms with E-state index in [1.807, 2.05) is 6.08 Å². The van der Waals surface area contributed by atoms with Gasteiger partial charge in [0.25, 0.3) is 5.91 Å². The number of thiophene rings is 1. The number of aliphatic hydroxyl groups excluding tert-OH is 1. The zero-order valence-corrected chi connectivity index (χ0v) is 12.4. The third-order valence-corrected chi connectivity index (χ3v) is 4.61. The predicted octanol–water partition coefficient (Wildman–Crippen LogP) is 3.03. The lowest BCUT2D eigenvalue weighted by Gasteiger charge is -2.12. The lowest BCUT2D eigenvalue weighted by Crippen LogP contribution is -2.28. The summed E-state index contributed by atoms with van der Waals surface area (Å²) in [5.74, 6) is -0.513. The lowest BCUT2D eigenvalue weighted by atomic mass is 9.99. The summed E-state index contributed by atoms with van der Waals surface area (Å²) in [6.45, 7) is 0. The van der Waals surface area contributed by atoms with Crippen LogP contribution in [-0.2, 0) is 6.42 Å². The van der Waals surface area contributed by atoms with E-state index in [0.29, 0.717) is 11.1 Å². The molecule has 1 aliphatic rings. The molecule has 3 N–H and O–H groups in total. The van der Waals surface area contributed by atoms with Gasteiger partial charge < -0.3 is 10.4 Å². The van der Waals surface area contributed by atoms with Crippen molar-refractivity contribution in [3.8, 4) is 0 Å². The summed E-state index contributed by atoms with van der Waals surface area (Å²) in [6, 6.07) is 0. The first-order valence-electron chi connectivity index (χ1n) is 5.49. The first-order valence-corrected chi connectivity index (χ1v) is 7.20. The Balaban J connectivity index is 2.32. The summed E-state index contributed by atoms with van der Waals surface area (Å²) >= 11 is 10.1. The first-order chi connectivity index (χ1) is 9.04. The largest absolute Gasteiger partial charge is 0.515 e. The lowest BCUT2D eigenvalue weighted by molar-refractivity contribution is 0.0980. The number of carbonyl (C=O) groups excluding carboxylic acids is 1. The number of fused-ring (bicyclic) bond motifs is 1. The number of rotatable bonds is 2. The predicted molar refractivity (Wildman–Crippen MR) is 83.8 cm³/mol. The van der Waals surface area contributed by atoms with E-state index >= 15 is 0 Å². The molecule has 0 aliphatic heterocycles. The maximum atomic E-state index is 12.1. The minimum absolute atomic E-state index is 0.159. The second-order valence-electron chi connectivity index (χ2n) is 3.90. The maximum Gasteiger partial charge on any atom is 0.267 e. The van der Waals surface area contributed by atoms with Crippen molar-refractivity contribution in [2.75, 3.05) is 0 Å². The van der Waals surface area contributed by atoms with Crippen molar-refractivity contribution in [2.24, 2.45) is 0 Å². The Kier molecular flexibility index (Phi) is 4.38. The SMILES string of the molecule is N=C(/C=C\O)NC(=O)c1sc(S)c2c1CCC=C2S. The van der Waals surface area contributed by atoms with Crippen molar-refractivity contribution in [1.82, 2.24) is 5.32 Å². The molecule has 1 aromatic rings. The summed E-state index contributed by atoms with van der Waals surface area (Å²) in [6.07, 6.45) is 5.43. The van der Waals surface area contributed by atoms with E-state index in [2.05, 4.69) is 30.6 Å². The second kappa shape index (κ2) is 5.85. The van der Waals surface area contributed by atoms with Crippen molar-refractivity contribution < 1.29 is 9.90 Å². The highest BCUT2D eigenvalue weighted by Gasteiger charge is 2.24. The molecule has 1 aliphatic carbocycles. The second-order valence-corrected chi connectivity index (χ2v) is 6.15. The van der Waals surface area contributed by atoms with Crippen LogP contribution in [0.5, 0.6) is 0 Å². The minimum Gasteiger partial charge on any atom is -0.515 e. The molecule has 0 unspecified atom stereocenters. The molecule has 0 saturated heterocycles. The fourth-order valence-electron chi connectivity index (χ4n) is 1.89. The molecule has 0 aromatic carbocycles. The normalized spacial score (nSPS) is 14.1. The van der Waals surface area contributed by atoms with Gasteiger partial charge in [-0.2, -0.15) is 0 Å². The number of amides is 1. The van der Waals surface area contributed by atoms with Gasteiger partial charge in [0.05, 0.1) is 15.3 Å². The van der Waals surface area contributed by atoms with Crippen LogP contribution in [0.1, 0.15) is 27.2 Å². The van der Waals surface area contributed by atoms with Crippen LogP contribution >= 0.6 is 36.6 Å². The highest BCUT2D eigenvalue weighted by atomic mass is 32.2. The molecular formula is C12H12N2O2S3. The van der Waals surface area contributed by atoms with E-state index in [-0.39, 0.29) is 11.7 Å². The van der Waals surface area contributed by atoms with E-state index in [1.54, 1.807) is 0 Å². The minimum atomic E-state index is -0.354. The molecule has 0 saturated carbocycles. The van der Waals surface area contributed by atoms with Crippen LogP contribution in [-0.4, -0.2) is 16.8 Å². The molecule has 0 bridgehead atoms. The summed E-state index contributed by atoms with van der Waals surface area (Å²) in [4.78, 5) is 13.5. The number of aliphatic hydroxyl groups is 1. The summed E-state index contributed by atoms with van der Waals surface area (Å²) < 4.78 is 0.755. The van der Waals surface area contributed by atoms with E-state index in [0.717, 1.165) is 39.2 Å². The molecule has 0 radical (unpaired) electrons. The molecule has 2 rings (SSSR count). The van der Waals surface area contributed by atoms with Gasteiger partial charge in [0.15, 0.2) is 0 Å². The van der Waals surface area contributed by atoms with Gasteiger partial charge in [-0.15, -0.1) is 36.6 Å². The van der Waals surface area contributed by atoms with Gasteiger partial charge in [-0.1, -0.05) is 6.08 Å². The van der Waals surface area contributed by atoms with Gasteiger partial charge in [0, 0.05) is 16.5 Å². The molecule has 19 heavy (non-hydrogen) atoms. The van der Waals surface area contributed by atoms with Crippen molar-refractivity contribution in [2.45, 2.75) is 17.1 Å². The first kappa shape index (κ1) is 14.2. The maximum absolute atomic E-state index is 12.1. The van der Waals surface area contributed by atoms with Crippen LogP contribution in [0.15, 0.2) is 22.6 Å². The quantitative estimate of drug-likeness (QED) is 0.252. The third-order valence-electron chi connectivity index (χ3n) is 2.67. The Morgan fingerprint density at radius 2 is 2.26 bits per heavy atom. The number of allylic oxidation sites excluding steroid dienone is 1. The number of hydrogen-bond acceptors (Lipinski definition) is 6. The van der Waals surface area contributed by atoms with Gasteiger partial charge >= 0.3 is 0 Å². The molecular weight excluding hydrogens is 300 g/mol. The summed E-state index contributed by atoms with van der Waals surface area (Å²) in [5.41, 5.74) is 1.85. The van der Waals surface area contributed by atoms with Gasteiger partial charge in [-0.25, -0.2) is 0 Å². The Morgan fingerprint density at radius 3 is 2.95 bits per heavy atom. The molecule has 1 heterocycles. The number of nitrogens with one attached hydrogen (secondary N) is 2. The molecule has 0 fully saturated rings. The molecule has 4 nitrogen and oxygen atoms in total. The van der Waals surface area contributed by atoms with Crippen LogP contribution in [0.2, 0.25) is 0 Å². The van der Waals surface area contributed by atoms with Crippen molar-refractivity contribution >= 4 is 53.2 Å². The number of amidine groups is 1. The zero-order chi connectivity index (χ0) is 14.0. The van der Waals surface area contributed by atoms with Gasteiger partial charge in [0.1, 0.15) is 5.84 Å². The van der Waals surface area contributed by atoms with Crippen LogP contribution in [0.25, 0.3) is 4.91 Å². The van der Waals surface area contributed by atoms with Crippen LogP contribution in [0.4, 0.5) is 0 Å². The molecule has 1 amide bonds. The molecule has 7 heteroatoms. The van der Waals surface area contributed by atoms with E-state index in [4.69, 9.17) is 10.5 Å². The number of hydrogen-bond donors (Lipinski definition) is 5. The average molecular weight is 312 g/mol. The van der Waals surface area contributed by atoms with Crippen molar-refractivity contribution in [3.63, 3.8) is 0 Å². The Labute approximate surface area is 125 Å². The monoisotopic (exact) mass is 312 g/mol. The van der Waals surface area contributed by atoms with Gasteiger partial charge in [-0.3, -0.25) is 10.2 Å². The highest BCUT2D eigenvalue weighted by Crippen LogP contribution is 2.41. The van der Waals surface area contributed by atoms with Gasteiger partial charge in [0.2, 0.25) is 0 Å². The zero-order valence-electron chi connectivity index (χ0n) is 9.80. The van der Waals surface area contributed by atoms with Crippen molar-refractivity contribution in [3.05, 3.63) is 34.4 Å². The Hall–Kier alpha value is -1.18. The summed E-state index contributed by atoms with van der Waals surface area (Å²) in [7, 11) is 0. The third kappa shape index (κ3) is 2.88. The fraction of sp³-hybridized carbons (Fsp3) is 0.167. The molecule has 0 atom stereocenters. The standard InChI is InChI=1S/C12H12N2O2S3/c13-8(4-5-15)14-11(16)10-6-2-1-3-7(17)9(6)12(18)19-10/h3-5,15,17-18H,1-2H2,(H2,13,14,16)/b5-4-. The molecule has 0 spiro atoms. The van der Waals surface area contributed by atoms with E-state index in [9.17, 15) is 4.79 Å². The number of thiol groups is 2. The molecule has 1 aromatic heterocycles. The van der Waals surface area contributed by atoms with E-state index < -0.39 is 0 Å². The topological polar surface area (TPSA) is 73.2 Å². The summed E-state index contributed by atoms with van der Waals surface area (Å²) in [5, 5.41) is 18.4. The Bertz CT molecular complexity index is 602. The smallest absolute Gasteiger partial charge is 0.267 e. The highest BCUT2D eigenvalue weighted by molar-refractivity contribution is 7.90. The van der Waals surface area contributed by atoms with E-state index in [1.165, 1.54) is 11.3 Å². The number of carbonyl (C=O) groups is 1. The average Bonchev–Trinajstić information content (AvgIpc) is 2.68.